The minimum absolute atomic E-state index is 0.0974. The number of halogens is 1. The minimum Gasteiger partial charge on any atom is -0.481 e. The van der Waals surface area contributed by atoms with Gasteiger partial charge in [-0.05, 0) is 36.5 Å². The Morgan fingerprint density at radius 3 is 2.95 bits per heavy atom. The maximum atomic E-state index is 13.8. The summed E-state index contributed by atoms with van der Waals surface area (Å²) in [6.07, 6.45) is 2.16. The number of carboxylic acid groups (broad SMARTS) is 1. The molecule has 5 nitrogen and oxygen atoms in total. The van der Waals surface area contributed by atoms with E-state index in [4.69, 9.17) is 5.11 Å². The number of nitrogens with one attached hydrogen (secondary N) is 1. The van der Waals surface area contributed by atoms with Crippen molar-refractivity contribution in [2.75, 3.05) is 13.6 Å². The van der Waals surface area contributed by atoms with Crippen LogP contribution in [-0.2, 0) is 11.2 Å². The maximum Gasteiger partial charge on any atom is 0.317 e. The molecule has 0 bridgehead atoms. The predicted octanol–water partition coefficient (Wildman–Crippen LogP) is 2.32. The van der Waals surface area contributed by atoms with Crippen LogP contribution in [0.3, 0.4) is 0 Å². The van der Waals surface area contributed by atoms with Crippen LogP contribution in [0.15, 0.2) is 18.2 Å². The standard InChI is InChI=1S/C15H19FN2O3/c1-18(9-8-14(19)20)15(21)17-13-7-3-4-10-11(13)5-2-6-12(10)16/h2,5-6,13H,3-4,7-9H2,1H3,(H,17,21)(H,19,20). The quantitative estimate of drug-likeness (QED) is 0.895. The predicted molar refractivity (Wildman–Crippen MR) is 75.5 cm³/mol. The largest absolute Gasteiger partial charge is 0.481 e. The summed E-state index contributed by atoms with van der Waals surface area (Å²) in [7, 11) is 1.55. The van der Waals surface area contributed by atoms with Crippen LogP contribution in [0.5, 0.6) is 0 Å². The summed E-state index contributed by atoms with van der Waals surface area (Å²) in [6.45, 7) is 0.143. The fourth-order valence-electron chi connectivity index (χ4n) is 2.58. The van der Waals surface area contributed by atoms with E-state index in [1.54, 1.807) is 13.1 Å². The number of hydrogen-bond donors (Lipinski definition) is 2. The molecule has 0 aromatic heterocycles. The van der Waals surface area contributed by atoms with Crippen LogP contribution < -0.4 is 5.32 Å². The second-order valence-electron chi connectivity index (χ2n) is 5.27. The van der Waals surface area contributed by atoms with Crippen molar-refractivity contribution in [2.45, 2.75) is 31.7 Å². The van der Waals surface area contributed by atoms with E-state index in [0.717, 1.165) is 18.4 Å². The van der Waals surface area contributed by atoms with Gasteiger partial charge < -0.3 is 15.3 Å². The molecule has 2 rings (SSSR count). The second-order valence-corrected chi connectivity index (χ2v) is 5.27. The van der Waals surface area contributed by atoms with E-state index in [0.29, 0.717) is 12.0 Å². The highest BCUT2D eigenvalue weighted by Crippen LogP contribution is 2.31. The number of carbonyl (C=O) groups is 2. The van der Waals surface area contributed by atoms with Crippen molar-refractivity contribution in [3.63, 3.8) is 0 Å². The Kier molecular flexibility index (Phi) is 4.77. The lowest BCUT2D eigenvalue weighted by Crippen LogP contribution is -2.41. The van der Waals surface area contributed by atoms with E-state index in [1.807, 2.05) is 6.07 Å². The fraction of sp³-hybridized carbons (Fsp3) is 0.467. The number of hydrogen-bond acceptors (Lipinski definition) is 2. The average Bonchev–Trinajstić information content (AvgIpc) is 2.45. The van der Waals surface area contributed by atoms with Crippen molar-refractivity contribution in [1.29, 1.82) is 0 Å². The molecule has 0 saturated heterocycles. The molecule has 2 N–H and O–H groups in total. The second kappa shape index (κ2) is 6.56. The van der Waals surface area contributed by atoms with Gasteiger partial charge in [0.2, 0.25) is 0 Å². The van der Waals surface area contributed by atoms with Gasteiger partial charge >= 0.3 is 12.0 Å². The van der Waals surface area contributed by atoms with E-state index in [2.05, 4.69) is 5.32 Å². The number of carbonyl (C=O) groups excluding carboxylic acids is 1. The van der Waals surface area contributed by atoms with Gasteiger partial charge in [0.15, 0.2) is 0 Å². The molecular formula is C15H19FN2O3. The van der Waals surface area contributed by atoms with Gasteiger partial charge in [0, 0.05) is 13.6 Å². The SMILES string of the molecule is CN(CCC(=O)O)C(=O)NC1CCCc2c(F)cccc21. The summed E-state index contributed by atoms with van der Waals surface area (Å²) >= 11 is 0. The average molecular weight is 294 g/mol. The molecular weight excluding hydrogens is 275 g/mol. The third-order valence-electron chi connectivity index (χ3n) is 3.76. The molecule has 1 aliphatic carbocycles. The lowest BCUT2D eigenvalue weighted by atomic mass is 9.87. The van der Waals surface area contributed by atoms with Gasteiger partial charge in [-0.1, -0.05) is 12.1 Å². The van der Waals surface area contributed by atoms with Crippen LogP contribution in [0.25, 0.3) is 0 Å². The first kappa shape index (κ1) is 15.3. The number of amides is 2. The number of aliphatic carboxylic acids is 1. The Labute approximate surface area is 122 Å². The Balaban J connectivity index is 2.03. The zero-order valence-electron chi connectivity index (χ0n) is 11.9. The minimum atomic E-state index is -0.945. The molecule has 114 valence electrons. The van der Waals surface area contributed by atoms with Gasteiger partial charge in [0.1, 0.15) is 5.82 Å². The summed E-state index contributed by atoms with van der Waals surface area (Å²) in [6, 6.07) is 4.36. The molecule has 0 fully saturated rings. The molecule has 1 atom stereocenters. The summed E-state index contributed by atoms with van der Waals surface area (Å²) in [5, 5.41) is 11.5. The lowest BCUT2D eigenvalue weighted by molar-refractivity contribution is -0.137. The summed E-state index contributed by atoms with van der Waals surface area (Å²) < 4.78 is 13.8. The third-order valence-corrected chi connectivity index (χ3v) is 3.76. The molecule has 21 heavy (non-hydrogen) atoms. The molecule has 6 heteroatoms. The van der Waals surface area contributed by atoms with Crippen molar-refractivity contribution in [2.24, 2.45) is 0 Å². The zero-order chi connectivity index (χ0) is 15.4. The molecule has 0 aliphatic heterocycles. The van der Waals surface area contributed by atoms with Crippen LogP contribution >= 0.6 is 0 Å². The van der Waals surface area contributed by atoms with Gasteiger partial charge in [-0.15, -0.1) is 0 Å². The Morgan fingerprint density at radius 2 is 2.24 bits per heavy atom. The van der Waals surface area contributed by atoms with E-state index in [-0.39, 0.29) is 30.9 Å². The molecule has 0 radical (unpaired) electrons. The number of rotatable bonds is 4. The van der Waals surface area contributed by atoms with Crippen molar-refractivity contribution >= 4 is 12.0 Å². The highest BCUT2D eigenvalue weighted by molar-refractivity contribution is 5.75. The van der Waals surface area contributed by atoms with Crippen molar-refractivity contribution in [1.82, 2.24) is 10.2 Å². The Bertz CT molecular complexity index is 548. The number of fused-ring (bicyclic) bond motifs is 1. The van der Waals surface area contributed by atoms with Crippen LogP contribution in [0, 0.1) is 5.82 Å². The molecule has 0 saturated carbocycles. The monoisotopic (exact) mass is 294 g/mol. The molecule has 0 heterocycles. The van der Waals surface area contributed by atoms with Gasteiger partial charge in [-0.2, -0.15) is 0 Å². The Hall–Kier alpha value is -2.11. The topological polar surface area (TPSA) is 69.6 Å². The highest BCUT2D eigenvalue weighted by Gasteiger charge is 2.24. The Morgan fingerprint density at radius 1 is 1.48 bits per heavy atom. The van der Waals surface area contributed by atoms with Crippen molar-refractivity contribution in [3.8, 4) is 0 Å². The van der Waals surface area contributed by atoms with Crippen molar-refractivity contribution in [3.05, 3.63) is 35.1 Å². The highest BCUT2D eigenvalue weighted by atomic mass is 19.1. The zero-order valence-corrected chi connectivity index (χ0v) is 11.9. The van der Waals surface area contributed by atoms with E-state index in [9.17, 15) is 14.0 Å². The van der Waals surface area contributed by atoms with Crippen LogP contribution in [0.1, 0.15) is 36.4 Å². The molecule has 1 unspecified atom stereocenters. The number of urea groups is 1. The summed E-state index contributed by atoms with van der Waals surface area (Å²) in [5.41, 5.74) is 1.49. The van der Waals surface area contributed by atoms with E-state index >= 15 is 0 Å². The smallest absolute Gasteiger partial charge is 0.317 e. The first-order chi connectivity index (χ1) is 9.99. The van der Waals surface area contributed by atoms with Crippen LogP contribution in [-0.4, -0.2) is 35.6 Å². The van der Waals surface area contributed by atoms with Gasteiger partial charge in [0.25, 0.3) is 0 Å². The first-order valence-electron chi connectivity index (χ1n) is 6.99. The normalized spacial score (nSPS) is 17.0. The number of benzene rings is 1. The number of carboxylic acids is 1. The van der Waals surface area contributed by atoms with Crippen molar-refractivity contribution < 1.29 is 19.1 Å². The van der Waals surface area contributed by atoms with Gasteiger partial charge in [-0.25, -0.2) is 9.18 Å². The number of nitrogens with zero attached hydrogens (tertiary/aromatic N) is 1. The van der Waals surface area contributed by atoms with E-state index < -0.39 is 5.97 Å². The lowest BCUT2D eigenvalue weighted by Gasteiger charge is -2.28. The van der Waals surface area contributed by atoms with Gasteiger partial charge in [-0.3, -0.25) is 4.79 Å². The summed E-state index contributed by atoms with van der Waals surface area (Å²) in [5.74, 6) is -1.18. The van der Waals surface area contributed by atoms with Crippen LogP contribution in [0.2, 0.25) is 0 Å². The molecule has 1 aliphatic rings. The maximum absolute atomic E-state index is 13.8. The first-order valence-corrected chi connectivity index (χ1v) is 6.99. The summed E-state index contributed by atoms with van der Waals surface area (Å²) in [4.78, 5) is 23.9. The molecule has 1 aromatic rings. The van der Waals surface area contributed by atoms with Crippen LogP contribution in [0.4, 0.5) is 9.18 Å². The molecule has 0 spiro atoms. The van der Waals surface area contributed by atoms with E-state index in [1.165, 1.54) is 11.0 Å². The molecule has 1 aromatic carbocycles. The van der Waals surface area contributed by atoms with Gasteiger partial charge in [0.05, 0.1) is 12.5 Å². The fourth-order valence-corrected chi connectivity index (χ4v) is 2.58. The molecule has 2 amide bonds. The third kappa shape index (κ3) is 3.71.